The van der Waals surface area contributed by atoms with Crippen LogP contribution in [0.1, 0.15) is 0 Å². The number of carbonyl (C=O) groups is 1. The van der Waals surface area contributed by atoms with Crippen molar-refractivity contribution in [3.8, 4) is 11.5 Å². The first-order valence-corrected chi connectivity index (χ1v) is 6.89. The van der Waals surface area contributed by atoms with E-state index >= 15 is 0 Å². The normalized spacial score (nSPS) is 12.0. The predicted octanol–water partition coefficient (Wildman–Crippen LogP) is 1.49. The average Bonchev–Trinajstić information content (AvgIpc) is 2.24. The van der Waals surface area contributed by atoms with Crippen molar-refractivity contribution >= 4 is 15.9 Å². The highest BCUT2D eigenvalue weighted by Crippen LogP contribution is 2.31. The smallest absolute Gasteiger partial charge is 0.422 e. The maximum atomic E-state index is 12.1. The average molecular weight is 313 g/mol. The van der Waals surface area contributed by atoms with E-state index in [4.69, 9.17) is 5.73 Å². The molecule has 0 fully saturated rings. The minimum absolute atomic E-state index is 0.286. The summed E-state index contributed by atoms with van der Waals surface area (Å²) in [5, 5.41) is 0. The highest BCUT2D eigenvalue weighted by Gasteiger charge is 2.29. The molecule has 0 bridgehead atoms. The topological polar surface area (TPSA) is 95.7 Å². The fraction of sp³-hybridized carbons (Fsp3) is 0.300. The molecule has 1 aromatic carbocycles. The minimum Gasteiger partial charge on any atom is -0.480 e. The van der Waals surface area contributed by atoms with E-state index < -0.39 is 40.2 Å². The van der Waals surface area contributed by atoms with Gasteiger partial charge in [-0.1, -0.05) is 0 Å². The van der Waals surface area contributed by atoms with E-state index in [1.54, 1.807) is 0 Å². The van der Waals surface area contributed by atoms with Crippen LogP contribution in [-0.2, 0) is 9.84 Å². The van der Waals surface area contributed by atoms with E-state index in [0.29, 0.717) is 0 Å². The van der Waals surface area contributed by atoms with Gasteiger partial charge in [-0.05, 0) is 12.1 Å². The summed E-state index contributed by atoms with van der Waals surface area (Å²) in [7, 11) is -3.66. The molecular weight excluding hydrogens is 303 g/mol. The number of nitrogens with two attached hydrogens (primary N) is 1. The predicted molar refractivity (Wildman–Crippen MR) is 61.3 cm³/mol. The first-order chi connectivity index (χ1) is 8.99. The van der Waals surface area contributed by atoms with Crippen molar-refractivity contribution in [3.63, 3.8) is 0 Å². The van der Waals surface area contributed by atoms with Gasteiger partial charge in [0.15, 0.2) is 27.9 Å². The Morgan fingerprint density at radius 2 is 1.90 bits per heavy atom. The van der Waals surface area contributed by atoms with Crippen molar-refractivity contribution in [2.75, 3.05) is 12.9 Å². The Morgan fingerprint density at radius 1 is 1.30 bits per heavy atom. The number of amides is 1. The molecule has 112 valence electrons. The van der Waals surface area contributed by atoms with Crippen LogP contribution < -0.4 is 15.2 Å². The van der Waals surface area contributed by atoms with E-state index in [1.807, 2.05) is 0 Å². The van der Waals surface area contributed by atoms with Crippen molar-refractivity contribution in [2.45, 2.75) is 11.1 Å². The molecule has 0 saturated carbocycles. The first kappa shape index (κ1) is 16.1. The Kier molecular flexibility index (Phi) is 4.48. The van der Waals surface area contributed by atoms with Gasteiger partial charge in [-0.25, -0.2) is 13.2 Å². The Balaban J connectivity index is 3.16. The second kappa shape index (κ2) is 5.57. The fourth-order valence-electron chi connectivity index (χ4n) is 1.18. The highest BCUT2D eigenvalue weighted by molar-refractivity contribution is 7.90. The molecule has 0 aliphatic rings. The second-order valence-electron chi connectivity index (χ2n) is 3.71. The number of ether oxygens (including phenoxy) is 2. The molecule has 0 saturated heterocycles. The van der Waals surface area contributed by atoms with E-state index in [0.717, 1.165) is 24.5 Å². The third-order valence-electron chi connectivity index (χ3n) is 1.95. The number of rotatable bonds is 4. The van der Waals surface area contributed by atoms with Gasteiger partial charge in [0, 0.05) is 12.3 Å². The molecule has 0 heterocycles. The zero-order valence-electron chi connectivity index (χ0n) is 10.1. The summed E-state index contributed by atoms with van der Waals surface area (Å²) in [4.78, 5) is 10.3. The first-order valence-electron chi connectivity index (χ1n) is 5.00. The number of halogens is 3. The zero-order chi connectivity index (χ0) is 15.6. The van der Waals surface area contributed by atoms with Crippen LogP contribution >= 0.6 is 0 Å². The number of hydrogen-bond acceptors (Lipinski definition) is 5. The molecule has 1 amide bonds. The third kappa shape index (κ3) is 4.96. The van der Waals surface area contributed by atoms with Gasteiger partial charge in [0.2, 0.25) is 0 Å². The van der Waals surface area contributed by atoms with E-state index in [2.05, 4.69) is 9.47 Å². The summed E-state index contributed by atoms with van der Waals surface area (Å²) < 4.78 is 67.7. The van der Waals surface area contributed by atoms with Gasteiger partial charge in [-0.15, -0.1) is 0 Å². The lowest BCUT2D eigenvalue weighted by Gasteiger charge is -2.13. The second-order valence-corrected chi connectivity index (χ2v) is 5.72. The zero-order valence-corrected chi connectivity index (χ0v) is 10.9. The molecule has 0 aliphatic carbocycles. The standard InChI is InChI=1S/C10H10F3NO5S/c1-20(16,17)6-2-3-7(19-9(14)15)8(4-6)18-5-10(11,12)13/h2-4H,5H2,1H3,(H2,14,15). The van der Waals surface area contributed by atoms with Crippen molar-refractivity contribution in [3.05, 3.63) is 18.2 Å². The molecule has 0 aliphatic heterocycles. The van der Waals surface area contributed by atoms with Crippen LogP contribution in [0.5, 0.6) is 11.5 Å². The fourth-order valence-corrected chi connectivity index (χ4v) is 1.82. The summed E-state index contributed by atoms with van der Waals surface area (Å²) in [6.45, 7) is -1.67. The van der Waals surface area contributed by atoms with Crippen molar-refractivity contribution in [2.24, 2.45) is 5.73 Å². The molecule has 0 radical (unpaired) electrons. The van der Waals surface area contributed by atoms with Crippen molar-refractivity contribution < 1.29 is 35.9 Å². The molecule has 1 aromatic rings. The number of carbonyl (C=O) groups excluding carboxylic acids is 1. The van der Waals surface area contributed by atoms with Crippen LogP contribution in [0.15, 0.2) is 23.1 Å². The van der Waals surface area contributed by atoms with Gasteiger partial charge < -0.3 is 15.2 Å². The molecule has 0 aromatic heterocycles. The van der Waals surface area contributed by atoms with Gasteiger partial charge >= 0.3 is 12.3 Å². The van der Waals surface area contributed by atoms with Crippen LogP contribution in [0.2, 0.25) is 0 Å². The molecule has 2 N–H and O–H groups in total. The molecule has 0 unspecified atom stereocenters. The van der Waals surface area contributed by atoms with Crippen LogP contribution in [0.3, 0.4) is 0 Å². The largest absolute Gasteiger partial charge is 0.480 e. The lowest BCUT2D eigenvalue weighted by molar-refractivity contribution is -0.153. The van der Waals surface area contributed by atoms with Gasteiger partial charge in [-0.2, -0.15) is 13.2 Å². The van der Waals surface area contributed by atoms with Gasteiger partial charge in [0.25, 0.3) is 0 Å². The van der Waals surface area contributed by atoms with Crippen LogP contribution in [-0.4, -0.2) is 33.5 Å². The molecule has 0 spiro atoms. The van der Waals surface area contributed by atoms with E-state index in [1.165, 1.54) is 0 Å². The highest BCUT2D eigenvalue weighted by atomic mass is 32.2. The number of alkyl halides is 3. The number of hydrogen-bond donors (Lipinski definition) is 1. The number of sulfone groups is 1. The maximum Gasteiger partial charge on any atom is 0.422 e. The summed E-state index contributed by atoms with van der Waals surface area (Å²) in [6.07, 6.45) is -5.04. The molecule has 20 heavy (non-hydrogen) atoms. The van der Waals surface area contributed by atoms with Crippen LogP contribution in [0.25, 0.3) is 0 Å². The Hall–Kier alpha value is -1.97. The number of primary amides is 1. The Bertz CT molecular complexity index is 612. The summed E-state index contributed by atoms with van der Waals surface area (Å²) in [6, 6.07) is 2.85. The Labute approximate surface area is 112 Å². The lowest BCUT2D eigenvalue weighted by atomic mass is 10.3. The van der Waals surface area contributed by atoms with E-state index in [9.17, 15) is 26.4 Å². The van der Waals surface area contributed by atoms with Crippen molar-refractivity contribution in [1.82, 2.24) is 0 Å². The molecule has 10 heteroatoms. The summed E-state index contributed by atoms with van der Waals surface area (Å²) in [5.74, 6) is -0.960. The van der Waals surface area contributed by atoms with Gasteiger partial charge in [-0.3, -0.25) is 0 Å². The summed E-state index contributed by atoms with van der Waals surface area (Å²) >= 11 is 0. The molecular formula is C10H10F3NO5S. The lowest BCUT2D eigenvalue weighted by Crippen LogP contribution is -2.21. The molecule has 0 atom stereocenters. The quantitative estimate of drug-likeness (QED) is 0.908. The Morgan fingerprint density at radius 3 is 2.35 bits per heavy atom. The minimum atomic E-state index is -4.63. The maximum absolute atomic E-state index is 12.1. The van der Waals surface area contributed by atoms with Crippen molar-refractivity contribution in [1.29, 1.82) is 0 Å². The van der Waals surface area contributed by atoms with Gasteiger partial charge in [0.1, 0.15) is 0 Å². The van der Waals surface area contributed by atoms with Crippen LogP contribution in [0.4, 0.5) is 18.0 Å². The van der Waals surface area contributed by atoms with Crippen LogP contribution in [0, 0.1) is 0 Å². The third-order valence-corrected chi connectivity index (χ3v) is 3.06. The monoisotopic (exact) mass is 313 g/mol. The van der Waals surface area contributed by atoms with E-state index in [-0.39, 0.29) is 4.90 Å². The number of benzene rings is 1. The molecule has 1 rings (SSSR count). The van der Waals surface area contributed by atoms with Gasteiger partial charge in [0.05, 0.1) is 4.90 Å². The SMILES string of the molecule is CS(=O)(=O)c1ccc(OC(N)=O)c(OCC(F)(F)F)c1. The molecule has 6 nitrogen and oxygen atoms in total. The summed E-state index contributed by atoms with van der Waals surface area (Å²) in [5.41, 5.74) is 4.74.